The van der Waals surface area contributed by atoms with Crippen molar-refractivity contribution in [3.8, 4) is 0 Å². The zero-order chi connectivity index (χ0) is 15.3. The summed E-state index contributed by atoms with van der Waals surface area (Å²) >= 11 is 0. The van der Waals surface area contributed by atoms with Crippen molar-refractivity contribution < 1.29 is 4.79 Å². The SMILES string of the molecule is Cc1cnc2c(c1)nc(Cc1ccc3c(c1)C(=O)NC3)n2C. The number of nitrogens with zero attached hydrogens (tertiary/aromatic N) is 3. The molecule has 2 aromatic heterocycles. The predicted octanol–water partition coefficient (Wildman–Crippen LogP) is 2.11. The molecule has 0 radical (unpaired) electrons. The number of rotatable bonds is 2. The highest BCUT2D eigenvalue weighted by Gasteiger charge is 2.19. The van der Waals surface area contributed by atoms with Crippen molar-refractivity contribution >= 4 is 17.1 Å². The Hall–Kier alpha value is -2.69. The van der Waals surface area contributed by atoms with Gasteiger partial charge in [-0.25, -0.2) is 9.97 Å². The number of amides is 1. The van der Waals surface area contributed by atoms with Crippen LogP contribution in [0.5, 0.6) is 0 Å². The van der Waals surface area contributed by atoms with Gasteiger partial charge in [0.25, 0.3) is 5.91 Å². The molecule has 22 heavy (non-hydrogen) atoms. The first-order valence-corrected chi connectivity index (χ1v) is 7.30. The Morgan fingerprint density at radius 3 is 3.05 bits per heavy atom. The molecule has 4 rings (SSSR count). The number of aryl methyl sites for hydroxylation is 2. The van der Waals surface area contributed by atoms with Gasteiger partial charge in [-0.05, 0) is 35.7 Å². The lowest BCUT2D eigenvalue weighted by molar-refractivity contribution is 0.0965. The third kappa shape index (κ3) is 1.97. The van der Waals surface area contributed by atoms with Gasteiger partial charge in [0.05, 0.1) is 0 Å². The van der Waals surface area contributed by atoms with Gasteiger partial charge in [-0.3, -0.25) is 4.79 Å². The van der Waals surface area contributed by atoms with Gasteiger partial charge in [0.2, 0.25) is 0 Å². The molecule has 3 heterocycles. The van der Waals surface area contributed by atoms with Crippen molar-refractivity contribution in [2.24, 2.45) is 7.05 Å². The van der Waals surface area contributed by atoms with E-state index in [1.54, 1.807) is 0 Å². The minimum atomic E-state index is 0.0131. The first-order valence-electron chi connectivity index (χ1n) is 7.30. The van der Waals surface area contributed by atoms with Crippen LogP contribution in [0.4, 0.5) is 0 Å². The third-order valence-electron chi connectivity index (χ3n) is 4.16. The maximum atomic E-state index is 11.8. The lowest BCUT2D eigenvalue weighted by atomic mass is 10.0. The molecule has 1 aliphatic rings. The predicted molar refractivity (Wildman–Crippen MR) is 83.7 cm³/mol. The molecular weight excluding hydrogens is 276 g/mol. The second-order valence-corrected chi connectivity index (χ2v) is 5.79. The fraction of sp³-hybridized carbons (Fsp3) is 0.235. The van der Waals surface area contributed by atoms with Crippen LogP contribution in [0.25, 0.3) is 11.2 Å². The third-order valence-corrected chi connectivity index (χ3v) is 4.16. The van der Waals surface area contributed by atoms with Gasteiger partial charge in [0.1, 0.15) is 11.3 Å². The van der Waals surface area contributed by atoms with Gasteiger partial charge in [0.15, 0.2) is 5.65 Å². The number of carbonyl (C=O) groups is 1. The van der Waals surface area contributed by atoms with Crippen LogP contribution in [0.1, 0.15) is 32.9 Å². The van der Waals surface area contributed by atoms with E-state index in [2.05, 4.69) is 21.4 Å². The van der Waals surface area contributed by atoms with Crippen molar-refractivity contribution in [3.05, 3.63) is 58.5 Å². The van der Waals surface area contributed by atoms with E-state index in [0.717, 1.165) is 39.2 Å². The molecular formula is C17H16N4O. The Labute approximate surface area is 128 Å². The zero-order valence-electron chi connectivity index (χ0n) is 12.6. The molecule has 1 amide bonds. The maximum Gasteiger partial charge on any atom is 0.251 e. The lowest BCUT2D eigenvalue weighted by Crippen LogP contribution is -2.12. The highest BCUT2D eigenvalue weighted by Crippen LogP contribution is 2.20. The standard InChI is InChI=1S/C17H16N4O/c1-10-5-14-16(18-8-10)21(2)15(20-14)7-11-3-4-12-9-19-17(22)13(12)6-11/h3-6,8H,7,9H2,1-2H3,(H,19,22). The van der Waals surface area contributed by atoms with E-state index in [0.29, 0.717) is 13.0 Å². The Kier molecular flexibility index (Phi) is 2.76. The second kappa shape index (κ2) is 4.66. The van der Waals surface area contributed by atoms with Crippen molar-refractivity contribution in [1.29, 1.82) is 0 Å². The van der Waals surface area contributed by atoms with Crippen LogP contribution < -0.4 is 5.32 Å². The molecule has 3 aromatic rings. The van der Waals surface area contributed by atoms with E-state index in [9.17, 15) is 4.79 Å². The van der Waals surface area contributed by atoms with Gasteiger partial charge in [-0.1, -0.05) is 12.1 Å². The van der Waals surface area contributed by atoms with Crippen molar-refractivity contribution in [3.63, 3.8) is 0 Å². The summed E-state index contributed by atoms with van der Waals surface area (Å²) in [4.78, 5) is 20.9. The Morgan fingerprint density at radius 2 is 2.18 bits per heavy atom. The Balaban J connectivity index is 1.73. The maximum absolute atomic E-state index is 11.8. The average Bonchev–Trinajstić information content (AvgIpc) is 3.01. The molecule has 0 atom stereocenters. The number of hydrogen-bond donors (Lipinski definition) is 1. The van der Waals surface area contributed by atoms with Crippen LogP contribution in [0, 0.1) is 6.92 Å². The number of nitrogens with one attached hydrogen (secondary N) is 1. The smallest absolute Gasteiger partial charge is 0.251 e. The largest absolute Gasteiger partial charge is 0.348 e. The topological polar surface area (TPSA) is 59.8 Å². The highest BCUT2D eigenvalue weighted by molar-refractivity contribution is 5.98. The van der Waals surface area contributed by atoms with Crippen molar-refractivity contribution in [2.45, 2.75) is 19.9 Å². The molecule has 110 valence electrons. The Bertz CT molecular complexity index is 910. The van der Waals surface area contributed by atoms with E-state index in [4.69, 9.17) is 0 Å². The van der Waals surface area contributed by atoms with Crippen LogP contribution in [-0.4, -0.2) is 20.4 Å². The van der Waals surface area contributed by atoms with Gasteiger partial charge in [0, 0.05) is 31.8 Å². The fourth-order valence-electron chi connectivity index (χ4n) is 2.93. The number of benzene rings is 1. The lowest BCUT2D eigenvalue weighted by Gasteiger charge is -2.04. The summed E-state index contributed by atoms with van der Waals surface area (Å²) in [6.45, 7) is 2.64. The van der Waals surface area contributed by atoms with Crippen LogP contribution in [0.3, 0.4) is 0 Å². The molecule has 1 aromatic carbocycles. The van der Waals surface area contributed by atoms with E-state index < -0.39 is 0 Å². The molecule has 5 heteroatoms. The van der Waals surface area contributed by atoms with E-state index in [-0.39, 0.29) is 5.91 Å². The van der Waals surface area contributed by atoms with Crippen LogP contribution in [0.2, 0.25) is 0 Å². The summed E-state index contributed by atoms with van der Waals surface area (Å²) in [5.74, 6) is 0.964. The number of pyridine rings is 1. The average molecular weight is 292 g/mol. The fourth-order valence-corrected chi connectivity index (χ4v) is 2.93. The minimum absolute atomic E-state index is 0.0131. The van der Waals surface area contributed by atoms with Crippen molar-refractivity contribution in [2.75, 3.05) is 0 Å². The minimum Gasteiger partial charge on any atom is -0.348 e. The number of imidazole rings is 1. The quantitative estimate of drug-likeness (QED) is 0.787. The Morgan fingerprint density at radius 1 is 1.32 bits per heavy atom. The van der Waals surface area contributed by atoms with Gasteiger partial charge >= 0.3 is 0 Å². The summed E-state index contributed by atoms with van der Waals surface area (Å²) in [6.07, 6.45) is 2.54. The van der Waals surface area contributed by atoms with E-state index in [1.807, 2.05) is 42.9 Å². The number of fused-ring (bicyclic) bond motifs is 2. The first kappa shape index (κ1) is 13.0. The molecule has 0 fully saturated rings. The molecule has 5 nitrogen and oxygen atoms in total. The number of carbonyl (C=O) groups excluding carboxylic acids is 1. The van der Waals surface area contributed by atoms with Gasteiger partial charge < -0.3 is 9.88 Å². The molecule has 0 aliphatic carbocycles. The van der Waals surface area contributed by atoms with Crippen LogP contribution >= 0.6 is 0 Å². The molecule has 1 aliphatic heterocycles. The van der Waals surface area contributed by atoms with Gasteiger partial charge in [-0.15, -0.1) is 0 Å². The monoisotopic (exact) mass is 292 g/mol. The van der Waals surface area contributed by atoms with Crippen LogP contribution in [-0.2, 0) is 20.0 Å². The van der Waals surface area contributed by atoms with Crippen molar-refractivity contribution in [1.82, 2.24) is 19.9 Å². The zero-order valence-corrected chi connectivity index (χ0v) is 12.6. The summed E-state index contributed by atoms with van der Waals surface area (Å²) in [5, 5.41) is 2.85. The molecule has 0 saturated carbocycles. The summed E-state index contributed by atoms with van der Waals surface area (Å²) in [7, 11) is 1.98. The number of aromatic nitrogens is 3. The highest BCUT2D eigenvalue weighted by atomic mass is 16.1. The van der Waals surface area contributed by atoms with E-state index >= 15 is 0 Å². The normalized spacial score (nSPS) is 13.5. The van der Waals surface area contributed by atoms with E-state index in [1.165, 1.54) is 0 Å². The molecule has 0 unspecified atom stereocenters. The summed E-state index contributed by atoms with van der Waals surface area (Å²) in [5.41, 5.74) is 5.84. The second-order valence-electron chi connectivity index (χ2n) is 5.79. The van der Waals surface area contributed by atoms with Crippen LogP contribution in [0.15, 0.2) is 30.5 Å². The molecule has 0 bridgehead atoms. The molecule has 1 N–H and O–H groups in total. The first-order chi connectivity index (χ1) is 10.6. The molecule has 0 spiro atoms. The summed E-state index contributed by atoms with van der Waals surface area (Å²) in [6, 6.07) is 8.10. The molecule has 0 saturated heterocycles. The summed E-state index contributed by atoms with van der Waals surface area (Å²) < 4.78 is 2.02. The van der Waals surface area contributed by atoms with Gasteiger partial charge in [-0.2, -0.15) is 0 Å². The number of hydrogen-bond acceptors (Lipinski definition) is 3.